The van der Waals surface area contributed by atoms with Crippen LogP contribution in [0.1, 0.15) is 50.2 Å². The molecule has 1 aromatic heterocycles. The van der Waals surface area contributed by atoms with E-state index in [0.717, 1.165) is 12.1 Å². The van der Waals surface area contributed by atoms with Crippen molar-refractivity contribution >= 4 is 11.5 Å². The van der Waals surface area contributed by atoms with Gasteiger partial charge in [-0.3, -0.25) is 0 Å². The van der Waals surface area contributed by atoms with Gasteiger partial charge >= 0.3 is 0 Å². The monoisotopic (exact) mass is 227 g/mol. The molecule has 1 rings (SSSR count). The second-order valence-electron chi connectivity index (χ2n) is 5.16. The van der Waals surface area contributed by atoms with Gasteiger partial charge in [0.05, 0.1) is 10.6 Å². The molecule has 0 amide bonds. The molecule has 1 unspecified atom stereocenters. The lowest BCUT2D eigenvalue weighted by molar-refractivity contribution is 0.339. The Labute approximate surface area is 96.5 Å². The summed E-state index contributed by atoms with van der Waals surface area (Å²) in [5, 5.41) is 7.41. The van der Waals surface area contributed by atoms with Gasteiger partial charge in [0.2, 0.25) is 0 Å². The zero-order valence-corrected chi connectivity index (χ0v) is 11.1. The van der Waals surface area contributed by atoms with Gasteiger partial charge in [0.1, 0.15) is 0 Å². The Hall–Kier alpha value is -0.480. The van der Waals surface area contributed by atoms with Gasteiger partial charge in [-0.1, -0.05) is 25.3 Å². The smallest absolute Gasteiger partial charge is 0.0772 e. The van der Waals surface area contributed by atoms with E-state index in [9.17, 15) is 0 Å². The summed E-state index contributed by atoms with van der Waals surface area (Å²) < 4.78 is 3.99. The Balaban J connectivity index is 2.61. The van der Waals surface area contributed by atoms with E-state index in [0.29, 0.717) is 11.5 Å². The molecule has 1 heterocycles. The van der Waals surface area contributed by atoms with E-state index in [2.05, 4.69) is 35.7 Å². The van der Waals surface area contributed by atoms with Crippen molar-refractivity contribution in [3.63, 3.8) is 0 Å². The molecule has 15 heavy (non-hydrogen) atoms. The van der Waals surface area contributed by atoms with Crippen LogP contribution in [-0.4, -0.2) is 16.6 Å². The third-order valence-electron chi connectivity index (χ3n) is 2.53. The molecular formula is C11H21N3S. The fourth-order valence-corrected chi connectivity index (χ4v) is 2.33. The summed E-state index contributed by atoms with van der Waals surface area (Å²) in [6, 6.07) is 0.407. The van der Waals surface area contributed by atoms with Gasteiger partial charge in [-0.25, -0.2) is 0 Å². The van der Waals surface area contributed by atoms with Gasteiger partial charge in [-0.05, 0) is 43.8 Å². The van der Waals surface area contributed by atoms with Gasteiger partial charge in [0.15, 0.2) is 0 Å². The molecule has 0 aliphatic rings. The Morgan fingerprint density at radius 3 is 2.47 bits per heavy atom. The molecule has 4 heteroatoms. The van der Waals surface area contributed by atoms with Crippen molar-refractivity contribution in [1.82, 2.24) is 14.9 Å². The molecule has 0 aromatic carbocycles. The molecular weight excluding hydrogens is 206 g/mol. The minimum atomic E-state index is 0.390. The second kappa shape index (κ2) is 5.03. The first-order valence-electron chi connectivity index (χ1n) is 5.40. The number of hydrogen-bond donors (Lipinski definition) is 1. The predicted molar refractivity (Wildman–Crippen MR) is 65.1 cm³/mol. The van der Waals surface area contributed by atoms with E-state index in [4.69, 9.17) is 0 Å². The number of rotatable bonds is 4. The molecule has 0 spiro atoms. The highest BCUT2D eigenvalue weighted by Crippen LogP contribution is 2.29. The van der Waals surface area contributed by atoms with Crippen LogP contribution in [0.25, 0.3) is 0 Å². The molecule has 0 bridgehead atoms. The molecule has 0 saturated heterocycles. The molecule has 86 valence electrons. The average molecular weight is 227 g/mol. The summed E-state index contributed by atoms with van der Waals surface area (Å²) in [4.78, 5) is 1.28. The third-order valence-corrected chi connectivity index (χ3v) is 3.47. The van der Waals surface area contributed by atoms with Crippen LogP contribution in [0.2, 0.25) is 0 Å². The highest BCUT2D eigenvalue weighted by atomic mass is 32.1. The Morgan fingerprint density at radius 1 is 1.40 bits per heavy atom. The van der Waals surface area contributed by atoms with Crippen molar-refractivity contribution < 1.29 is 0 Å². The molecule has 0 saturated carbocycles. The molecule has 1 aromatic rings. The van der Waals surface area contributed by atoms with Crippen LogP contribution in [0, 0.1) is 12.3 Å². The zero-order chi connectivity index (χ0) is 11.5. The number of nitrogens with zero attached hydrogens (tertiary/aromatic N) is 2. The summed E-state index contributed by atoms with van der Waals surface area (Å²) in [7, 11) is 2.01. The van der Waals surface area contributed by atoms with Crippen molar-refractivity contribution in [2.45, 2.75) is 46.6 Å². The summed E-state index contributed by atoms with van der Waals surface area (Å²) in [6.07, 6.45) is 2.35. The largest absolute Gasteiger partial charge is 0.312 e. The van der Waals surface area contributed by atoms with Gasteiger partial charge in [0, 0.05) is 6.04 Å². The van der Waals surface area contributed by atoms with Crippen molar-refractivity contribution in [3.8, 4) is 0 Å². The van der Waals surface area contributed by atoms with E-state index < -0.39 is 0 Å². The van der Waals surface area contributed by atoms with Gasteiger partial charge in [-0.2, -0.15) is 0 Å². The van der Waals surface area contributed by atoms with E-state index in [1.807, 2.05) is 14.0 Å². The summed E-state index contributed by atoms with van der Waals surface area (Å²) >= 11 is 1.51. The first-order chi connectivity index (χ1) is 6.94. The van der Waals surface area contributed by atoms with Crippen molar-refractivity contribution in [2.24, 2.45) is 5.41 Å². The van der Waals surface area contributed by atoms with E-state index in [-0.39, 0.29) is 0 Å². The maximum absolute atomic E-state index is 4.06. The minimum Gasteiger partial charge on any atom is -0.312 e. The minimum absolute atomic E-state index is 0.390. The van der Waals surface area contributed by atoms with Crippen LogP contribution in [0.4, 0.5) is 0 Å². The van der Waals surface area contributed by atoms with Crippen molar-refractivity contribution in [3.05, 3.63) is 10.6 Å². The molecule has 3 nitrogen and oxygen atoms in total. The van der Waals surface area contributed by atoms with Crippen molar-refractivity contribution in [1.29, 1.82) is 0 Å². The summed E-state index contributed by atoms with van der Waals surface area (Å²) in [5.74, 6) is 0. The number of hydrogen-bond acceptors (Lipinski definition) is 4. The average Bonchev–Trinajstić information content (AvgIpc) is 2.52. The van der Waals surface area contributed by atoms with Crippen LogP contribution >= 0.6 is 11.5 Å². The van der Waals surface area contributed by atoms with Gasteiger partial charge in [-0.15, -0.1) is 5.10 Å². The maximum atomic E-state index is 4.06. The topological polar surface area (TPSA) is 37.8 Å². The molecule has 1 N–H and O–H groups in total. The molecule has 0 aliphatic heterocycles. The summed E-state index contributed by atoms with van der Waals surface area (Å²) in [5.41, 5.74) is 1.45. The highest BCUT2D eigenvalue weighted by Gasteiger charge is 2.18. The first kappa shape index (κ1) is 12.6. The van der Waals surface area contributed by atoms with Gasteiger partial charge < -0.3 is 5.32 Å². The zero-order valence-electron chi connectivity index (χ0n) is 10.3. The lowest BCUT2D eigenvalue weighted by Crippen LogP contribution is -2.18. The Kier molecular flexibility index (Phi) is 4.22. The maximum Gasteiger partial charge on any atom is 0.0772 e. The highest BCUT2D eigenvalue weighted by molar-refractivity contribution is 7.05. The van der Waals surface area contributed by atoms with Crippen LogP contribution < -0.4 is 5.32 Å². The quantitative estimate of drug-likeness (QED) is 0.859. The van der Waals surface area contributed by atoms with Crippen LogP contribution in [-0.2, 0) is 0 Å². The van der Waals surface area contributed by atoms with Crippen LogP contribution in [0.5, 0.6) is 0 Å². The molecule has 1 atom stereocenters. The standard InChI is InChI=1S/C11H21N3S/c1-8-10(15-14-13-8)9(12-5)6-7-11(2,3)4/h9,12H,6-7H2,1-5H3. The number of aryl methyl sites for hydroxylation is 1. The van der Waals surface area contributed by atoms with Crippen LogP contribution in [0.15, 0.2) is 0 Å². The first-order valence-corrected chi connectivity index (χ1v) is 6.17. The Morgan fingerprint density at radius 2 is 2.07 bits per heavy atom. The number of aromatic nitrogens is 2. The second-order valence-corrected chi connectivity index (χ2v) is 5.95. The SMILES string of the molecule is CNC(CCC(C)(C)C)c1snnc1C. The number of nitrogens with one attached hydrogen (secondary N) is 1. The predicted octanol–water partition coefficient (Wildman–Crippen LogP) is 2.93. The van der Waals surface area contributed by atoms with E-state index >= 15 is 0 Å². The van der Waals surface area contributed by atoms with Crippen molar-refractivity contribution in [2.75, 3.05) is 7.05 Å². The third kappa shape index (κ3) is 3.87. The summed E-state index contributed by atoms with van der Waals surface area (Å²) in [6.45, 7) is 8.85. The van der Waals surface area contributed by atoms with E-state index in [1.165, 1.54) is 22.8 Å². The fraction of sp³-hybridized carbons (Fsp3) is 0.818. The normalized spacial score (nSPS) is 14.2. The van der Waals surface area contributed by atoms with E-state index in [1.54, 1.807) is 0 Å². The molecule has 0 radical (unpaired) electrons. The fourth-order valence-electron chi connectivity index (χ4n) is 1.54. The Bertz CT molecular complexity index is 301. The molecule has 0 aliphatic carbocycles. The lowest BCUT2D eigenvalue weighted by atomic mass is 9.88. The lowest BCUT2D eigenvalue weighted by Gasteiger charge is -2.22. The van der Waals surface area contributed by atoms with Gasteiger partial charge in [0.25, 0.3) is 0 Å². The van der Waals surface area contributed by atoms with Crippen LogP contribution in [0.3, 0.4) is 0 Å². The molecule has 0 fully saturated rings.